The first-order valence-corrected chi connectivity index (χ1v) is 11.4. The van der Waals surface area contributed by atoms with Crippen molar-refractivity contribution in [2.24, 2.45) is 46.8 Å². The number of hydrogen-bond donors (Lipinski definition) is 3. The number of fused-ring (bicyclic) bond motifs is 5. The molecule has 0 bridgehead atoms. The molecular weight excluding hydrogens is 340 g/mol. The van der Waals surface area contributed by atoms with E-state index >= 15 is 0 Å². The zero-order chi connectivity index (χ0) is 19.3. The van der Waals surface area contributed by atoms with E-state index in [0.717, 1.165) is 25.7 Å². The zero-order valence-electron chi connectivity index (χ0n) is 17.0. The lowest BCUT2D eigenvalue weighted by Crippen LogP contribution is -2.59. The Hall–Kier alpha value is -0.610. The SMILES string of the molecule is C[C@H](CCC(=O)O)[C@H]1CC[C@H]2[C@@H]3[C@H](O)C[C@@H]4CCCCC4[C@H]3C[C@H](O)[C@]12C. The molecule has 0 saturated heterocycles. The number of hydrogen-bond acceptors (Lipinski definition) is 3. The summed E-state index contributed by atoms with van der Waals surface area (Å²) in [6.45, 7) is 4.43. The van der Waals surface area contributed by atoms with E-state index in [1.54, 1.807) is 0 Å². The van der Waals surface area contributed by atoms with Gasteiger partial charge in [0.15, 0.2) is 0 Å². The fourth-order valence-corrected chi connectivity index (χ4v) is 8.35. The maximum absolute atomic E-state index is 11.4. The van der Waals surface area contributed by atoms with Gasteiger partial charge in [0.05, 0.1) is 12.2 Å². The van der Waals surface area contributed by atoms with Crippen LogP contribution in [-0.4, -0.2) is 33.5 Å². The van der Waals surface area contributed by atoms with Crippen LogP contribution in [0.4, 0.5) is 0 Å². The van der Waals surface area contributed by atoms with E-state index in [9.17, 15) is 15.0 Å². The van der Waals surface area contributed by atoms with Crippen LogP contribution in [0, 0.1) is 46.8 Å². The molecule has 0 aromatic rings. The Bertz CT molecular complexity index is 563. The summed E-state index contributed by atoms with van der Waals surface area (Å²) in [6, 6.07) is 0. The summed E-state index contributed by atoms with van der Waals surface area (Å²) in [5.74, 6) is 2.54. The Labute approximate surface area is 163 Å². The van der Waals surface area contributed by atoms with Gasteiger partial charge < -0.3 is 15.3 Å². The van der Waals surface area contributed by atoms with Gasteiger partial charge in [0.25, 0.3) is 0 Å². The minimum Gasteiger partial charge on any atom is -0.481 e. The molecule has 4 aliphatic rings. The summed E-state index contributed by atoms with van der Waals surface area (Å²) in [4.78, 5) is 11.0. The highest BCUT2D eigenvalue weighted by molar-refractivity contribution is 5.66. The van der Waals surface area contributed by atoms with Gasteiger partial charge in [0, 0.05) is 6.42 Å². The highest BCUT2D eigenvalue weighted by Crippen LogP contribution is 2.65. The fourth-order valence-electron chi connectivity index (χ4n) is 8.35. The summed E-state index contributed by atoms with van der Waals surface area (Å²) in [6.07, 6.45) is 9.52. The first-order chi connectivity index (χ1) is 12.8. The summed E-state index contributed by atoms with van der Waals surface area (Å²) < 4.78 is 0. The topological polar surface area (TPSA) is 77.8 Å². The largest absolute Gasteiger partial charge is 0.481 e. The van der Waals surface area contributed by atoms with E-state index < -0.39 is 5.97 Å². The number of carboxylic acid groups (broad SMARTS) is 1. The van der Waals surface area contributed by atoms with Crippen LogP contribution < -0.4 is 0 Å². The maximum atomic E-state index is 11.4. The summed E-state index contributed by atoms with van der Waals surface area (Å²) in [7, 11) is 0. The highest BCUT2D eigenvalue weighted by Gasteiger charge is 2.62. The van der Waals surface area contributed by atoms with Crippen molar-refractivity contribution in [3.63, 3.8) is 0 Å². The number of aliphatic hydroxyl groups is 2. The van der Waals surface area contributed by atoms with Crippen molar-refractivity contribution in [3.05, 3.63) is 0 Å². The average Bonchev–Trinajstić information content (AvgIpc) is 2.98. The number of aliphatic hydroxyl groups excluding tert-OH is 2. The molecule has 10 atom stereocenters. The van der Waals surface area contributed by atoms with E-state index in [2.05, 4.69) is 13.8 Å². The molecule has 27 heavy (non-hydrogen) atoms. The molecule has 0 aromatic carbocycles. The van der Waals surface area contributed by atoms with Crippen LogP contribution >= 0.6 is 0 Å². The van der Waals surface area contributed by atoms with Crippen molar-refractivity contribution in [1.29, 1.82) is 0 Å². The first-order valence-electron chi connectivity index (χ1n) is 11.4. The molecule has 4 nitrogen and oxygen atoms in total. The third-order valence-corrected chi connectivity index (χ3v) is 9.57. The monoisotopic (exact) mass is 378 g/mol. The molecule has 0 spiro atoms. The van der Waals surface area contributed by atoms with Crippen LogP contribution in [0.15, 0.2) is 0 Å². The Kier molecular flexibility index (Phi) is 5.35. The predicted octanol–water partition coefficient (Wildman–Crippen LogP) is 4.09. The Morgan fingerprint density at radius 1 is 1.07 bits per heavy atom. The van der Waals surface area contributed by atoms with Crippen LogP contribution in [0.25, 0.3) is 0 Å². The van der Waals surface area contributed by atoms with Gasteiger partial charge in [-0.25, -0.2) is 0 Å². The number of carboxylic acids is 1. The third kappa shape index (κ3) is 3.15. The molecule has 0 aliphatic heterocycles. The lowest BCUT2D eigenvalue weighted by molar-refractivity contribution is -0.175. The summed E-state index contributed by atoms with van der Waals surface area (Å²) in [5.41, 5.74) is -0.165. The second-order valence-electron chi connectivity index (χ2n) is 10.6. The smallest absolute Gasteiger partial charge is 0.303 e. The van der Waals surface area contributed by atoms with E-state index in [0.29, 0.717) is 47.8 Å². The van der Waals surface area contributed by atoms with Crippen LogP contribution in [0.5, 0.6) is 0 Å². The maximum Gasteiger partial charge on any atom is 0.303 e. The van der Waals surface area contributed by atoms with Gasteiger partial charge in [-0.05, 0) is 85.4 Å². The van der Waals surface area contributed by atoms with Crippen molar-refractivity contribution in [1.82, 2.24) is 0 Å². The quantitative estimate of drug-likeness (QED) is 0.688. The minimum absolute atomic E-state index is 0.165. The molecule has 0 aromatic heterocycles. The molecule has 1 unspecified atom stereocenters. The van der Waals surface area contributed by atoms with Crippen molar-refractivity contribution < 1.29 is 20.1 Å². The summed E-state index contributed by atoms with van der Waals surface area (Å²) >= 11 is 0. The van der Waals surface area contributed by atoms with Crippen molar-refractivity contribution in [3.8, 4) is 0 Å². The Morgan fingerprint density at radius 3 is 2.56 bits per heavy atom. The Balaban J connectivity index is 1.57. The van der Waals surface area contributed by atoms with Gasteiger partial charge in [0.2, 0.25) is 0 Å². The molecule has 4 saturated carbocycles. The van der Waals surface area contributed by atoms with Crippen LogP contribution in [0.2, 0.25) is 0 Å². The lowest BCUT2D eigenvalue weighted by atomic mass is 9.47. The number of carbonyl (C=O) groups is 1. The molecule has 0 amide bonds. The normalized spacial score (nSPS) is 50.4. The summed E-state index contributed by atoms with van der Waals surface area (Å²) in [5, 5.41) is 31.6. The molecule has 154 valence electrons. The molecule has 4 heteroatoms. The molecule has 4 rings (SSSR count). The van der Waals surface area contributed by atoms with Gasteiger partial charge in [-0.3, -0.25) is 4.79 Å². The molecular formula is C23H38O4. The predicted molar refractivity (Wildman–Crippen MR) is 104 cm³/mol. The third-order valence-electron chi connectivity index (χ3n) is 9.57. The Morgan fingerprint density at radius 2 is 1.81 bits per heavy atom. The molecule has 4 fully saturated rings. The second kappa shape index (κ2) is 7.33. The van der Waals surface area contributed by atoms with Gasteiger partial charge in [-0.15, -0.1) is 0 Å². The molecule has 4 aliphatic carbocycles. The lowest BCUT2D eigenvalue weighted by Gasteiger charge is -2.59. The molecule has 0 radical (unpaired) electrons. The molecule has 0 heterocycles. The standard InChI is InChI=1S/C23H38O4/c1-13(7-10-21(26)27)17-8-9-18-22-16(12-20(25)23(17,18)2)15-6-4-3-5-14(15)11-19(22)24/h13-20,22,24-25H,3-12H2,1-2H3,(H,26,27)/t13-,14+,15?,16-,17-,18+,19-,20+,22-,23-/m1/s1. The number of rotatable bonds is 4. The zero-order valence-corrected chi connectivity index (χ0v) is 17.0. The average molecular weight is 379 g/mol. The van der Waals surface area contributed by atoms with E-state index in [1.807, 2.05) is 0 Å². The number of aliphatic carboxylic acids is 1. The van der Waals surface area contributed by atoms with Gasteiger partial charge >= 0.3 is 5.97 Å². The van der Waals surface area contributed by atoms with E-state index in [-0.39, 0.29) is 24.0 Å². The van der Waals surface area contributed by atoms with Crippen LogP contribution in [0.3, 0.4) is 0 Å². The van der Waals surface area contributed by atoms with Crippen LogP contribution in [-0.2, 0) is 4.79 Å². The van der Waals surface area contributed by atoms with Crippen molar-refractivity contribution in [2.45, 2.75) is 90.3 Å². The van der Waals surface area contributed by atoms with Gasteiger partial charge in [-0.2, -0.15) is 0 Å². The van der Waals surface area contributed by atoms with Crippen molar-refractivity contribution in [2.75, 3.05) is 0 Å². The highest BCUT2D eigenvalue weighted by atomic mass is 16.4. The molecule has 3 N–H and O–H groups in total. The van der Waals surface area contributed by atoms with Crippen LogP contribution in [0.1, 0.15) is 78.1 Å². The van der Waals surface area contributed by atoms with E-state index in [4.69, 9.17) is 5.11 Å². The van der Waals surface area contributed by atoms with Gasteiger partial charge in [-0.1, -0.05) is 33.1 Å². The van der Waals surface area contributed by atoms with E-state index in [1.165, 1.54) is 25.7 Å². The fraction of sp³-hybridized carbons (Fsp3) is 0.957. The minimum atomic E-state index is -0.725. The second-order valence-corrected chi connectivity index (χ2v) is 10.6. The van der Waals surface area contributed by atoms with Gasteiger partial charge in [0.1, 0.15) is 0 Å². The van der Waals surface area contributed by atoms with Crippen molar-refractivity contribution >= 4 is 5.97 Å². The first kappa shape index (κ1) is 19.7.